The van der Waals surface area contributed by atoms with Crippen LogP contribution in [0.15, 0.2) is 108 Å². The molecule has 3 saturated heterocycles. The molecule has 18 nitrogen and oxygen atoms in total. The number of ether oxygens (including phenoxy) is 13. The van der Waals surface area contributed by atoms with Gasteiger partial charge in [0.15, 0.2) is 11.5 Å². The van der Waals surface area contributed by atoms with E-state index in [2.05, 4.69) is 110 Å². The first-order chi connectivity index (χ1) is 48.0. The van der Waals surface area contributed by atoms with Gasteiger partial charge >= 0.3 is 75.4 Å². The number of hydrogen-bond acceptors (Lipinski definition) is 16. The van der Waals surface area contributed by atoms with Crippen LogP contribution in [0.4, 0.5) is 0 Å². The molecule has 105 heavy (non-hydrogen) atoms. The van der Waals surface area contributed by atoms with Gasteiger partial charge in [-0.2, -0.15) is 6.26 Å². The predicted molar refractivity (Wildman–Crippen MR) is 408 cm³/mol. The second-order valence-corrected chi connectivity index (χ2v) is 26.7. The third kappa shape index (κ3) is 35.0. The van der Waals surface area contributed by atoms with Crippen molar-refractivity contribution in [2.75, 3.05) is 98.5 Å². The van der Waals surface area contributed by atoms with E-state index >= 15 is 0 Å². The van der Waals surface area contributed by atoms with Gasteiger partial charge in [-0.05, 0) is 149 Å². The van der Waals surface area contributed by atoms with E-state index in [1.807, 2.05) is 60.7 Å². The Kier molecular flexibility index (Phi) is 53.2. The van der Waals surface area contributed by atoms with Gasteiger partial charge in [-0.3, -0.25) is 0 Å². The first kappa shape index (κ1) is 103. The summed E-state index contributed by atoms with van der Waals surface area (Å²) in [5.41, 5.74) is 2.72. The zero-order valence-electron chi connectivity index (χ0n) is 68.3. The summed E-state index contributed by atoms with van der Waals surface area (Å²) in [7, 11) is 19.3. The Morgan fingerprint density at radius 1 is 0.457 bits per heavy atom. The molecule has 3 fully saturated rings. The van der Waals surface area contributed by atoms with E-state index in [1.54, 1.807) is 101 Å². The second kappa shape index (κ2) is 54.0. The van der Waals surface area contributed by atoms with E-state index in [-0.39, 0.29) is 97.6 Å². The summed E-state index contributed by atoms with van der Waals surface area (Å²) >= 11 is 3.34. The standard InChI is InChI=1S/C18H18O4.C10H11O3.C10H12O3.2C9H18N.C8H9BrO2.C8H8O2.C4H8O.C4H10.C2H4O.4Li/c1-19-15-5-6-16(20-2)12-10-14-13(9-11(12)15)17(21-3)7-8-18(14)22-4;1-12-8-3-4-9(13-2)10-6(8)5-7(10)11;1-7-8(6-11)10(13-3)5-4-9(7)12-2;2*1-8(2)6-5-7-9(3,4)10-8;1-10-6-3-4-8(11-2)7(9)5-6;1-9-7-3-5-8(10-2)6-4-7;1-2-4-5-3-1;1-3-4-2;1-2-3;;;;/h5-10H,1-4H3;3-4,7H,5H2,1-2H3;4-6,11H,1H2,2-3H3;2*5-7H2,1-4H3;3-5H,1-2H3;3,5H,1-2H3;1-4H2;3-4H2,1-2H3;2-3H,1H2;;;;/q;-1;;2*-1;;;;;;4*+1/p-2. The minimum atomic E-state index is -0.639. The summed E-state index contributed by atoms with van der Waals surface area (Å²) in [5.74, 6) is 8.72. The van der Waals surface area contributed by atoms with Gasteiger partial charge in [-0.1, -0.05) is 133 Å². The Morgan fingerprint density at radius 3 is 1.04 bits per heavy atom. The van der Waals surface area contributed by atoms with E-state index in [4.69, 9.17) is 77.3 Å². The van der Waals surface area contributed by atoms with Crippen LogP contribution in [0.3, 0.4) is 0 Å². The molecule has 560 valence electrons. The van der Waals surface area contributed by atoms with Gasteiger partial charge in [0.05, 0.1) is 89.8 Å². The Morgan fingerprint density at radius 2 is 0.781 bits per heavy atom. The number of piperidine rings is 2. The van der Waals surface area contributed by atoms with Crippen LogP contribution >= 0.6 is 15.9 Å². The fourth-order valence-electron chi connectivity index (χ4n) is 11.3. The second-order valence-electron chi connectivity index (χ2n) is 25.8. The fraction of sp³-hybridized carbons (Fsp3) is 0.488. The van der Waals surface area contributed by atoms with Crippen LogP contribution in [-0.2, 0) is 11.2 Å². The molecule has 0 spiro atoms. The summed E-state index contributed by atoms with van der Waals surface area (Å²) < 4.78 is 67.8. The number of fused-ring (bicyclic) bond motifs is 3. The molecule has 3 heterocycles. The molecular weight excluding hydrogens is 1380 g/mol. The molecule has 3 aliphatic heterocycles. The zero-order valence-corrected chi connectivity index (χ0v) is 69.9. The third-order valence-corrected chi connectivity index (χ3v) is 16.9. The molecule has 1 atom stereocenters. The van der Waals surface area contributed by atoms with Crippen molar-refractivity contribution in [3.63, 3.8) is 0 Å². The minimum Gasteiger partial charge on any atom is -0.878 e. The fourth-order valence-corrected chi connectivity index (χ4v) is 11.8. The summed E-state index contributed by atoms with van der Waals surface area (Å²) in [6.45, 7) is 30.7. The van der Waals surface area contributed by atoms with Crippen LogP contribution in [0.1, 0.15) is 151 Å². The van der Waals surface area contributed by atoms with Crippen molar-refractivity contribution in [2.24, 2.45) is 0 Å². The Labute approximate surface area is 685 Å². The van der Waals surface area contributed by atoms with Crippen molar-refractivity contribution < 1.29 is 152 Å². The summed E-state index contributed by atoms with van der Waals surface area (Å²) in [4.78, 5) is 0. The van der Waals surface area contributed by atoms with Crippen LogP contribution < -0.4 is 158 Å². The van der Waals surface area contributed by atoms with Crippen molar-refractivity contribution in [3.8, 4) is 69.0 Å². The van der Waals surface area contributed by atoms with E-state index in [9.17, 15) is 10.2 Å². The normalized spacial score (nSPS) is 15.0. The molecule has 11 rings (SSSR count). The van der Waals surface area contributed by atoms with Crippen molar-refractivity contribution in [3.05, 3.63) is 153 Å². The van der Waals surface area contributed by atoms with Crippen LogP contribution in [0.5, 0.6) is 69.0 Å². The zero-order chi connectivity index (χ0) is 75.9. The quantitative estimate of drug-likeness (QED) is 0.0906. The average molecular weight is 1490 g/mol. The van der Waals surface area contributed by atoms with Crippen LogP contribution in [0.25, 0.3) is 45.0 Å². The predicted octanol–water partition coefficient (Wildman–Crippen LogP) is 3.98. The number of methoxy groups -OCH3 is 12. The molecule has 1 unspecified atom stereocenters. The molecule has 0 amide bonds. The molecule has 23 heteroatoms. The van der Waals surface area contributed by atoms with Crippen LogP contribution in [0.2, 0.25) is 0 Å². The molecule has 0 bridgehead atoms. The Hall–Kier alpha value is -5.73. The maximum Gasteiger partial charge on any atom is 1.00 e. The largest absolute Gasteiger partial charge is 1.00 e. The smallest absolute Gasteiger partial charge is 0.878 e. The van der Waals surface area contributed by atoms with E-state index in [1.165, 1.54) is 78.4 Å². The van der Waals surface area contributed by atoms with Crippen molar-refractivity contribution in [1.82, 2.24) is 0 Å². The van der Waals surface area contributed by atoms with Gasteiger partial charge in [-0.15, -0.1) is 35.0 Å². The summed E-state index contributed by atoms with van der Waals surface area (Å²) in [6, 6.07) is 33.4. The minimum absolute atomic E-state index is 0. The van der Waals surface area contributed by atoms with E-state index < -0.39 is 6.10 Å². The van der Waals surface area contributed by atoms with Crippen LogP contribution in [-0.4, -0.2) is 121 Å². The van der Waals surface area contributed by atoms with Crippen molar-refractivity contribution in [2.45, 2.75) is 168 Å². The molecule has 1 aliphatic carbocycles. The van der Waals surface area contributed by atoms with Crippen LogP contribution in [0, 0.1) is 12.1 Å². The maximum absolute atomic E-state index is 11.3. The van der Waals surface area contributed by atoms with Gasteiger partial charge in [0.1, 0.15) is 57.5 Å². The molecule has 0 aromatic heterocycles. The first-order valence-electron chi connectivity index (χ1n) is 33.8. The SMILES string of the molecule is C1CCOC1.C=C[O-].C=c1c(OC)ccc(OC)c1=C[O-].CC1(C)CCCC(C)(C)[N-]1.CC1(C)CCCC(C)(C)[N-]1.CCCC.COc1c#cc(OC)cc1.COc1ccc(OC)c(Br)c1.COc1ccc(OC)c2c1CC2[O-].COc1ccc(OC)c2cc3c(OC)ccc(OC)c3cc12.[Li+].[Li+].[Li+].[Li+]. The van der Waals surface area contributed by atoms with Gasteiger partial charge in [0, 0.05) is 45.2 Å². The number of unbranched alkanes of at least 4 members (excludes halogenated alkanes) is 1. The first-order valence-corrected chi connectivity index (χ1v) is 34.6. The topological polar surface area (TPSA) is 217 Å². The maximum atomic E-state index is 11.3. The summed E-state index contributed by atoms with van der Waals surface area (Å²) in [5, 5.41) is 45.1. The molecule has 0 radical (unpaired) electrons. The van der Waals surface area contributed by atoms with Gasteiger partial charge in [0.2, 0.25) is 0 Å². The Bertz CT molecular complexity index is 3440. The number of halogens is 1. The number of nitrogens with zero attached hydrogens (tertiary/aromatic N) is 2. The third-order valence-electron chi connectivity index (χ3n) is 16.3. The number of benzene rings is 6. The van der Waals surface area contributed by atoms with E-state index in [0.29, 0.717) is 58.1 Å². The molecule has 7 aromatic rings. The van der Waals surface area contributed by atoms with E-state index in [0.717, 1.165) is 90.6 Å². The molecule has 0 saturated carbocycles. The summed E-state index contributed by atoms with van der Waals surface area (Å²) in [6.07, 6.45) is 14.0. The number of hydrogen-bond donors (Lipinski definition) is 0. The van der Waals surface area contributed by atoms with Gasteiger partial charge < -0.3 is 87.5 Å². The Balaban J connectivity index is -0.00000114. The molecular formula is C82H114BrLi4N2O16-. The van der Waals surface area contributed by atoms with Crippen molar-refractivity contribution in [1.29, 1.82) is 0 Å². The average Bonchev–Trinajstić information content (AvgIpc) is 1.75. The van der Waals surface area contributed by atoms with Gasteiger partial charge in [-0.25, -0.2) is 0 Å². The monoisotopic (exact) mass is 1490 g/mol. The number of rotatable bonds is 13. The molecule has 0 N–H and O–H groups in total. The molecule has 4 aliphatic rings. The van der Waals surface area contributed by atoms with Gasteiger partial charge in [0.25, 0.3) is 0 Å². The molecule has 7 aromatic carbocycles. The van der Waals surface area contributed by atoms with Crippen molar-refractivity contribution >= 4 is 50.3 Å².